The Morgan fingerprint density at radius 3 is 2.57 bits per heavy atom. The lowest BCUT2D eigenvalue weighted by atomic mass is 10.00. The Kier molecular flexibility index (Phi) is 7.76. The molecule has 0 unspecified atom stereocenters. The second-order valence-electron chi connectivity index (χ2n) is 9.03. The van der Waals surface area contributed by atoms with Crippen molar-refractivity contribution in [3.05, 3.63) is 81.5 Å². The molecule has 4 rings (SSSR count). The molecule has 1 aromatic heterocycles. The fraction of sp³-hybridized carbons (Fsp3) is 0.357. The van der Waals surface area contributed by atoms with E-state index >= 15 is 0 Å². The molecule has 0 fully saturated rings. The average molecular weight is 493 g/mol. The molecule has 6 nitrogen and oxygen atoms in total. The van der Waals surface area contributed by atoms with Gasteiger partial charge in [0.15, 0.2) is 0 Å². The van der Waals surface area contributed by atoms with E-state index in [1.165, 1.54) is 4.88 Å². The van der Waals surface area contributed by atoms with E-state index in [1.807, 2.05) is 74.2 Å². The van der Waals surface area contributed by atoms with E-state index in [4.69, 9.17) is 9.47 Å². The van der Waals surface area contributed by atoms with Crippen molar-refractivity contribution in [2.75, 3.05) is 26.8 Å². The molecule has 0 spiro atoms. The molecule has 7 heteroatoms. The van der Waals surface area contributed by atoms with Crippen LogP contribution >= 0.6 is 11.3 Å². The summed E-state index contributed by atoms with van der Waals surface area (Å²) in [6.07, 6.45) is 0.808. The Bertz CT molecular complexity index is 1170. The largest absolute Gasteiger partial charge is 0.497 e. The van der Waals surface area contributed by atoms with Gasteiger partial charge in [-0.2, -0.15) is 0 Å². The third-order valence-corrected chi connectivity index (χ3v) is 7.35. The van der Waals surface area contributed by atoms with Gasteiger partial charge in [0.25, 0.3) is 5.91 Å². The van der Waals surface area contributed by atoms with Gasteiger partial charge in [-0.15, -0.1) is 11.3 Å². The van der Waals surface area contributed by atoms with Crippen LogP contribution in [0.3, 0.4) is 0 Å². The van der Waals surface area contributed by atoms with Crippen molar-refractivity contribution in [1.29, 1.82) is 0 Å². The van der Waals surface area contributed by atoms with Crippen LogP contribution in [0.15, 0.2) is 60.0 Å². The fourth-order valence-electron chi connectivity index (χ4n) is 4.33. The topological polar surface area (TPSA) is 59.1 Å². The quantitative estimate of drug-likeness (QED) is 0.438. The van der Waals surface area contributed by atoms with E-state index in [0.717, 1.165) is 23.3 Å². The second-order valence-corrected chi connectivity index (χ2v) is 10.0. The van der Waals surface area contributed by atoms with Crippen molar-refractivity contribution >= 4 is 23.2 Å². The maximum atomic E-state index is 13.6. The summed E-state index contributed by atoms with van der Waals surface area (Å²) in [4.78, 5) is 31.7. The van der Waals surface area contributed by atoms with E-state index in [9.17, 15) is 9.59 Å². The molecule has 0 bridgehead atoms. The molecule has 1 atom stereocenters. The van der Waals surface area contributed by atoms with Gasteiger partial charge in [-0.25, -0.2) is 0 Å². The zero-order valence-electron chi connectivity index (χ0n) is 20.7. The van der Waals surface area contributed by atoms with Crippen LogP contribution in [0.25, 0.3) is 0 Å². The molecule has 184 valence electrons. The maximum Gasteiger partial charge on any atom is 0.254 e. The molecule has 3 aromatic rings. The minimum Gasteiger partial charge on any atom is -0.497 e. The number of benzene rings is 2. The van der Waals surface area contributed by atoms with Crippen LogP contribution in [0.4, 0.5) is 0 Å². The Balaban J connectivity index is 1.52. The fourth-order valence-corrected chi connectivity index (χ4v) is 5.26. The van der Waals surface area contributed by atoms with Crippen molar-refractivity contribution in [3.63, 3.8) is 0 Å². The van der Waals surface area contributed by atoms with Gasteiger partial charge in [0.05, 0.1) is 13.2 Å². The van der Waals surface area contributed by atoms with Gasteiger partial charge in [-0.05, 0) is 68.5 Å². The molecule has 0 saturated heterocycles. The Hall–Kier alpha value is -3.32. The van der Waals surface area contributed by atoms with Gasteiger partial charge in [0.2, 0.25) is 5.91 Å². The van der Waals surface area contributed by atoms with Crippen LogP contribution in [0.1, 0.15) is 46.3 Å². The summed E-state index contributed by atoms with van der Waals surface area (Å²) < 4.78 is 11.4. The molecule has 2 heterocycles. The molecule has 0 saturated carbocycles. The van der Waals surface area contributed by atoms with Gasteiger partial charge in [-0.3, -0.25) is 9.59 Å². The molecular formula is C28H32N2O4S. The number of aryl methyl sites for hydroxylation is 1. The molecule has 2 aromatic carbocycles. The number of nitrogens with zero attached hydrogens (tertiary/aromatic N) is 2. The Labute approximate surface area is 211 Å². The summed E-state index contributed by atoms with van der Waals surface area (Å²) in [5.74, 6) is 1.20. The predicted octanol–water partition coefficient (Wildman–Crippen LogP) is 5.12. The minimum atomic E-state index is -0.216. The highest BCUT2D eigenvalue weighted by Crippen LogP contribution is 2.34. The number of amides is 2. The van der Waals surface area contributed by atoms with E-state index in [2.05, 4.69) is 11.4 Å². The van der Waals surface area contributed by atoms with Crippen LogP contribution in [0.5, 0.6) is 11.5 Å². The van der Waals surface area contributed by atoms with Crippen LogP contribution in [0.2, 0.25) is 0 Å². The number of ether oxygens (including phenoxy) is 2. The van der Waals surface area contributed by atoms with E-state index in [-0.39, 0.29) is 30.4 Å². The second kappa shape index (κ2) is 11.0. The minimum absolute atomic E-state index is 0.0273. The SMILES string of the molecule is COc1cccc(OC[C@@H]2c3ccsc3CCN2C(=O)CN(C(=O)c2ccc(C)cc2)C(C)C)c1. The lowest BCUT2D eigenvalue weighted by Gasteiger charge is -2.37. The lowest BCUT2D eigenvalue weighted by molar-refractivity contribution is -0.136. The van der Waals surface area contributed by atoms with Gasteiger partial charge >= 0.3 is 0 Å². The first-order valence-electron chi connectivity index (χ1n) is 11.9. The first kappa shape index (κ1) is 24.8. The predicted molar refractivity (Wildman–Crippen MR) is 138 cm³/mol. The number of hydrogen-bond acceptors (Lipinski definition) is 5. The third-order valence-electron chi connectivity index (χ3n) is 6.35. The van der Waals surface area contributed by atoms with Crippen molar-refractivity contribution in [1.82, 2.24) is 9.80 Å². The van der Waals surface area contributed by atoms with Crippen molar-refractivity contribution < 1.29 is 19.1 Å². The maximum absolute atomic E-state index is 13.6. The monoisotopic (exact) mass is 492 g/mol. The number of thiophene rings is 1. The van der Waals surface area contributed by atoms with Crippen LogP contribution in [0, 0.1) is 6.92 Å². The third kappa shape index (κ3) is 5.68. The number of carbonyl (C=O) groups excluding carboxylic acids is 2. The molecular weight excluding hydrogens is 460 g/mol. The number of rotatable bonds is 8. The van der Waals surface area contributed by atoms with Gasteiger partial charge in [0, 0.05) is 29.1 Å². The van der Waals surface area contributed by atoms with Gasteiger partial charge < -0.3 is 19.3 Å². The van der Waals surface area contributed by atoms with Gasteiger partial charge in [0.1, 0.15) is 24.7 Å². The number of hydrogen-bond donors (Lipinski definition) is 0. The normalized spacial score (nSPS) is 15.0. The summed E-state index contributed by atoms with van der Waals surface area (Å²) in [7, 11) is 1.62. The standard InChI is InChI=1S/C28H32N2O4S/c1-19(2)30(28(32)21-10-8-20(3)9-11-21)17-27(31)29-14-12-26-24(13-15-35-26)25(29)18-34-23-7-5-6-22(16-23)33-4/h5-11,13,15-16,19,25H,12,14,17-18H2,1-4H3/t25-/m1/s1. The van der Waals surface area contributed by atoms with E-state index in [0.29, 0.717) is 24.5 Å². The average Bonchev–Trinajstić information content (AvgIpc) is 3.35. The lowest BCUT2D eigenvalue weighted by Crippen LogP contribution is -2.49. The Morgan fingerprint density at radius 1 is 1.11 bits per heavy atom. The smallest absolute Gasteiger partial charge is 0.254 e. The zero-order chi connectivity index (χ0) is 24.9. The summed E-state index contributed by atoms with van der Waals surface area (Å²) in [5.41, 5.74) is 2.81. The first-order valence-corrected chi connectivity index (χ1v) is 12.8. The molecule has 0 radical (unpaired) electrons. The van der Waals surface area contributed by atoms with Crippen LogP contribution in [-0.2, 0) is 11.2 Å². The molecule has 2 amide bonds. The highest BCUT2D eigenvalue weighted by Gasteiger charge is 2.34. The highest BCUT2D eigenvalue weighted by molar-refractivity contribution is 7.10. The molecule has 0 N–H and O–H groups in total. The van der Waals surface area contributed by atoms with Crippen LogP contribution < -0.4 is 9.47 Å². The number of methoxy groups -OCH3 is 1. The molecule has 0 aliphatic carbocycles. The van der Waals surface area contributed by atoms with Crippen molar-refractivity contribution in [3.8, 4) is 11.5 Å². The van der Waals surface area contributed by atoms with Crippen LogP contribution in [-0.4, -0.2) is 54.5 Å². The summed E-state index contributed by atoms with van der Waals surface area (Å²) in [6, 6.07) is 16.7. The number of carbonyl (C=O) groups is 2. The summed E-state index contributed by atoms with van der Waals surface area (Å²) >= 11 is 1.71. The zero-order valence-corrected chi connectivity index (χ0v) is 21.5. The molecule has 35 heavy (non-hydrogen) atoms. The summed E-state index contributed by atoms with van der Waals surface area (Å²) in [6.45, 7) is 6.82. The first-order chi connectivity index (χ1) is 16.9. The molecule has 1 aliphatic heterocycles. The van der Waals surface area contributed by atoms with Gasteiger partial charge in [-0.1, -0.05) is 23.8 Å². The van der Waals surface area contributed by atoms with E-state index < -0.39 is 0 Å². The molecule has 1 aliphatic rings. The summed E-state index contributed by atoms with van der Waals surface area (Å²) in [5, 5.41) is 2.07. The Morgan fingerprint density at radius 2 is 1.86 bits per heavy atom. The van der Waals surface area contributed by atoms with Crippen molar-refractivity contribution in [2.45, 2.75) is 39.3 Å². The number of fused-ring (bicyclic) bond motifs is 1. The highest BCUT2D eigenvalue weighted by atomic mass is 32.1. The van der Waals surface area contributed by atoms with E-state index in [1.54, 1.807) is 23.3 Å². The van der Waals surface area contributed by atoms with Crippen molar-refractivity contribution in [2.24, 2.45) is 0 Å².